The van der Waals surface area contributed by atoms with Gasteiger partial charge in [-0.1, -0.05) is 12.1 Å². The molecule has 1 aromatic carbocycles. The fourth-order valence-electron chi connectivity index (χ4n) is 3.27. The van der Waals surface area contributed by atoms with Crippen molar-refractivity contribution in [1.29, 1.82) is 0 Å². The van der Waals surface area contributed by atoms with Crippen molar-refractivity contribution in [2.24, 2.45) is 0 Å². The topological polar surface area (TPSA) is 24.5 Å². The molecule has 0 unspecified atom stereocenters. The predicted octanol–water partition coefficient (Wildman–Crippen LogP) is 3.75. The van der Waals surface area contributed by atoms with Gasteiger partial charge in [0.2, 0.25) is 0 Å². The van der Waals surface area contributed by atoms with Gasteiger partial charge in [0.15, 0.2) is 0 Å². The number of piperazine rings is 1. The minimum absolute atomic E-state index is 0. The molecule has 0 saturated carbocycles. The number of rotatable bonds is 4. The van der Waals surface area contributed by atoms with Crippen LogP contribution in [0.5, 0.6) is 5.75 Å². The second-order valence-electron chi connectivity index (χ2n) is 5.92. The minimum Gasteiger partial charge on any atom is -0.493 e. The van der Waals surface area contributed by atoms with Crippen LogP contribution in [-0.2, 0) is 6.42 Å². The van der Waals surface area contributed by atoms with Crippen LogP contribution in [0.25, 0.3) is 0 Å². The lowest BCUT2D eigenvalue weighted by Crippen LogP contribution is -2.45. The largest absolute Gasteiger partial charge is 0.493 e. The maximum absolute atomic E-state index is 12.7. The molecule has 0 amide bonds. The fourth-order valence-corrected chi connectivity index (χ4v) is 3.27. The molecular weight excluding hydrogens is 364 g/mol. The number of alkyl halides is 3. The van der Waals surface area contributed by atoms with Gasteiger partial charge in [0.1, 0.15) is 5.75 Å². The molecule has 0 bridgehead atoms. The van der Waals surface area contributed by atoms with Gasteiger partial charge in [-0.25, -0.2) is 0 Å². The van der Waals surface area contributed by atoms with E-state index in [1.807, 2.05) is 18.2 Å². The molecule has 24 heavy (non-hydrogen) atoms. The highest BCUT2D eigenvalue weighted by Crippen LogP contribution is 2.35. The highest BCUT2D eigenvalue weighted by molar-refractivity contribution is 5.85. The van der Waals surface area contributed by atoms with Gasteiger partial charge in [-0.15, -0.1) is 24.8 Å². The number of benzene rings is 1. The van der Waals surface area contributed by atoms with Crippen LogP contribution in [0, 0.1) is 0 Å². The summed E-state index contributed by atoms with van der Waals surface area (Å²) >= 11 is 0. The molecule has 1 N–H and O–H groups in total. The summed E-state index contributed by atoms with van der Waals surface area (Å²) < 4.78 is 43.5. The summed E-state index contributed by atoms with van der Waals surface area (Å²) in [6.45, 7) is 3.90. The van der Waals surface area contributed by atoms with Gasteiger partial charge >= 0.3 is 6.18 Å². The van der Waals surface area contributed by atoms with E-state index in [0.717, 1.165) is 49.5 Å². The molecule has 1 fully saturated rings. The monoisotopic (exact) mass is 386 g/mol. The van der Waals surface area contributed by atoms with E-state index in [1.54, 1.807) is 0 Å². The van der Waals surface area contributed by atoms with Gasteiger partial charge in [-0.3, -0.25) is 4.90 Å². The summed E-state index contributed by atoms with van der Waals surface area (Å²) in [6, 6.07) is 5.69. The van der Waals surface area contributed by atoms with Gasteiger partial charge in [0.25, 0.3) is 0 Å². The molecule has 1 atom stereocenters. The van der Waals surface area contributed by atoms with Crippen molar-refractivity contribution in [3.05, 3.63) is 29.3 Å². The van der Waals surface area contributed by atoms with Crippen molar-refractivity contribution in [2.75, 3.05) is 32.8 Å². The molecule has 1 saturated heterocycles. The third-order valence-electron chi connectivity index (χ3n) is 4.39. The Kier molecular flexibility index (Phi) is 8.12. The van der Waals surface area contributed by atoms with Crippen molar-refractivity contribution >= 4 is 24.8 Å². The lowest BCUT2D eigenvalue weighted by molar-refractivity contribution is -0.138. The van der Waals surface area contributed by atoms with Crippen LogP contribution in [0.3, 0.4) is 0 Å². The Hall–Kier alpha value is -0.690. The molecule has 3 nitrogen and oxygen atoms in total. The van der Waals surface area contributed by atoms with Crippen molar-refractivity contribution in [1.82, 2.24) is 10.2 Å². The Morgan fingerprint density at radius 3 is 2.54 bits per heavy atom. The van der Waals surface area contributed by atoms with Gasteiger partial charge in [-0.2, -0.15) is 13.2 Å². The summed E-state index contributed by atoms with van der Waals surface area (Å²) in [5, 5.41) is 3.25. The van der Waals surface area contributed by atoms with Crippen LogP contribution in [0.2, 0.25) is 0 Å². The number of nitrogens with one attached hydrogen (secondary N) is 1. The normalized spacial score (nSPS) is 18.8. The number of hydrogen-bond acceptors (Lipinski definition) is 3. The molecule has 138 valence electrons. The Bertz CT molecular complexity index is 523. The molecule has 8 heteroatoms. The number of nitrogens with zero attached hydrogens (tertiary/aromatic N) is 1. The SMILES string of the molecule is Cl.Cl.FC(F)(F)CC[C@H](c1ccc2c(c1)CCO2)N1CCNCC1. The lowest BCUT2D eigenvalue weighted by atomic mass is 9.97. The molecule has 0 spiro atoms. The summed E-state index contributed by atoms with van der Waals surface area (Å²) in [5.41, 5.74) is 2.10. The molecule has 0 aliphatic carbocycles. The van der Waals surface area contributed by atoms with E-state index in [2.05, 4.69) is 10.2 Å². The zero-order valence-corrected chi connectivity index (χ0v) is 14.9. The molecule has 0 radical (unpaired) electrons. The Balaban J connectivity index is 0.00000144. The molecule has 2 heterocycles. The fraction of sp³-hybridized carbons (Fsp3) is 0.625. The van der Waals surface area contributed by atoms with E-state index in [1.165, 1.54) is 0 Å². The van der Waals surface area contributed by atoms with E-state index in [9.17, 15) is 13.2 Å². The van der Waals surface area contributed by atoms with Crippen LogP contribution in [-0.4, -0.2) is 43.9 Å². The second-order valence-corrected chi connectivity index (χ2v) is 5.92. The first-order chi connectivity index (χ1) is 10.5. The van der Waals surface area contributed by atoms with Crippen molar-refractivity contribution in [3.63, 3.8) is 0 Å². The average Bonchev–Trinajstić information content (AvgIpc) is 2.95. The summed E-state index contributed by atoms with van der Waals surface area (Å²) in [6.07, 6.45) is -3.89. The van der Waals surface area contributed by atoms with E-state index in [0.29, 0.717) is 6.61 Å². The van der Waals surface area contributed by atoms with Crippen LogP contribution < -0.4 is 10.1 Å². The van der Waals surface area contributed by atoms with Gasteiger partial charge in [0.05, 0.1) is 6.61 Å². The predicted molar refractivity (Wildman–Crippen MR) is 92.6 cm³/mol. The standard InChI is InChI=1S/C16H21F3N2O.2ClH/c17-16(18,19)5-3-14(21-8-6-20-7-9-21)12-1-2-15-13(11-12)4-10-22-15;;/h1-2,11,14,20H,3-10H2;2*1H/t14-;;/m1../s1. The summed E-state index contributed by atoms with van der Waals surface area (Å²) in [5.74, 6) is 0.874. The summed E-state index contributed by atoms with van der Waals surface area (Å²) in [4.78, 5) is 2.17. The van der Waals surface area contributed by atoms with E-state index in [4.69, 9.17) is 4.74 Å². The maximum atomic E-state index is 12.7. The molecule has 0 aromatic heterocycles. The number of ether oxygens (including phenoxy) is 1. The minimum atomic E-state index is -4.11. The van der Waals surface area contributed by atoms with Crippen LogP contribution >= 0.6 is 24.8 Å². The Morgan fingerprint density at radius 1 is 1.17 bits per heavy atom. The van der Waals surface area contributed by atoms with Gasteiger partial charge in [0, 0.05) is 45.1 Å². The molecular formula is C16H23Cl2F3N2O. The quantitative estimate of drug-likeness (QED) is 0.852. The van der Waals surface area contributed by atoms with Gasteiger partial charge < -0.3 is 10.1 Å². The Labute approximate surface area is 152 Å². The van der Waals surface area contributed by atoms with E-state index >= 15 is 0 Å². The first kappa shape index (κ1) is 21.4. The number of hydrogen-bond donors (Lipinski definition) is 1. The molecule has 2 aliphatic rings. The Morgan fingerprint density at radius 2 is 1.88 bits per heavy atom. The zero-order valence-electron chi connectivity index (χ0n) is 13.3. The van der Waals surface area contributed by atoms with Gasteiger partial charge in [-0.05, 0) is 23.6 Å². The van der Waals surface area contributed by atoms with Crippen molar-refractivity contribution < 1.29 is 17.9 Å². The third kappa shape index (κ3) is 5.41. The van der Waals surface area contributed by atoms with E-state index in [-0.39, 0.29) is 37.3 Å². The maximum Gasteiger partial charge on any atom is 0.389 e. The van der Waals surface area contributed by atoms with E-state index < -0.39 is 12.6 Å². The van der Waals surface area contributed by atoms with Crippen LogP contribution in [0.15, 0.2) is 18.2 Å². The van der Waals surface area contributed by atoms with Crippen molar-refractivity contribution in [3.8, 4) is 5.75 Å². The first-order valence-corrected chi connectivity index (χ1v) is 7.80. The number of halogens is 5. The highest BCUT2D eigenvalue weighted by Gasteiger charge is 2.31. The molecule has 2 aliphatic heterocycles. The van der Waals surface area contributed by atoms with Crippen LogP contribution in [0.1, 0.15) is 30.0 Å². The second kappa shape index (κ2) is 9.13. The third-order valence-corrected chi connectivity index (χ3v) is 4.39. The molecule has 1 aromatic rings. The highest BCUT2D eigenvalue weighted by atomic mass is 35.5. The van der Waals surface area contributed by atoms with Crippen LogP contribution in [0.4, 0.5) is 13.2 Å². The lowest BCUT2D eigenvalue weighted by Gasteiger charge is -2.35. The first-order valence-electron chi connectivity index (χ1n) is 7.80. The zero-order chi connectivity index (χ0) is 15.6. The van der Waals surface area contributed by atoms with Crippen molar-refractivity contribution in [2.45, 2.75) is 31.5 Å². The molecule has 3 rings (SSSR count). The number of fused-ring (bicyclic) bond motifs is 1. The average molecular weight is 387 g/mol. The smallest absolute Gasteiger partial charge is 0.389 e. The summed E-state index contributed by atoms with van der Waals surface area (Å²) in [7, 11) is 0.